The molecule has 4 heterocycles. The van der Waals surface area contributed by atoms with E-state index >= 15 is 0 Å². The smallest absolute Gasteiger partial charge is 0.545 e. The van der Waals surface area contributed by atoms with Crippen molar-refractivity contribution in [2.24, 2.45) is 0 Å². The summed E-state index contributed by atoms with van der Waals surface area (Å²) in [7, 11) is 0. The summed E-state index contributed by atoms with van der Waals surface area (Å²) in [5.41, 5.74) is 2.75. The third kappa shape index (κ3) is 12.1. The summed E-state index contributed by atoms with van der Waals surface area (Å²) in [6, 6.07) is 46.6. The Balaban J connectivity index is 0.000000225. The van der Waals surface area contributed by atoms with Crippen LogP contribution in [0.1, 0.15) is 62.1 Å². The number of aromatic nitrogens is 4. The molecule has 10 aromatic rings. The maximum absolute atomic E-state index is 12.2. The molecular weight excluding hydrogens is 1310 g/mol. The molecule has 10 rings (SSSR count). The van der Waals surface area contributed by atoms with Crippen LogP contribution in [0.25, 0.3) is 89.5 Å². The Kier molecular flexibility index (Phi) is 19.4. The normalized spacial score (nSPS) is 10.4. The SMILES string of the molecule is O=C([O-])c1ccccc1-c1cnc(-c2ccccn2)c(-c2ccccc2C(=O)[O-])c1-c1ccccc1C(=O)[O-].O=C([O-])c1ccccc1-c1cnc(-c2ccccn2)c(-c2ccccc2C(=O)[O-])c1-c1ccccc1C(=O)[O-].[Tb+3].[Tb+3]. The van der Waals surface area contributed by atoms with Gasteiger partial charge in [0.25, 0.3) is 0 Å². The van der Waals surface area contributed by atoms with Gasteiger partial charge in [-0.05, 0) is 57.6 Å². The molecule has 0 aliphatic carbocycles. The number of hydrogen-bond donors (Lipinski definition) is 0. The summed E-state index contributed by atoms with van der Waals surface area (Å²) >= 11 is 0. The molecule has 0 saturated carbocycles. The second kappa shape index (κ2) is 26.3. The summed E-state index contributed by atoms with van der Waals surface area (Å²) in [4.78, 5) is 91.1. The molecule has 0 fully saturated rings. The molecule has 6 aromatic carbocycles. The average Bonchev–Trinajstić information content (AvgIpc) is 3.47. The van der Waals surface area contributed by atoms with Gasteiger partial charge in [0, 0.05) is 91.5 Å². The van der Waals surface area contributed by atoms with Gasteiger partial charge >= 0.3 is 77.2 Å². The topological polar surface area (TPSA) is 292 Å². The van der Waals surface area contributed by atoms with Gasteiger partial charge in [0.05, 0.1) is 58.6 Å². The van der Waals surface area contributed by atoms with Gasteiger partial charge in [-0.2, -0.15) is 0 Å². The standard InChI is InChI=1S/2C31H20N2O6.2Tb/c2*34-29(35)21-12-4-1-9-18(21)24-17-33-28(25-15-7-8-16-32-25)27(20-11-3-6-14-23(20)31(38)39)26(24)19-10-2-5-13-22(19)30(36)37;;/h2*1-17H,(H,34,35)(H,36,37)(H,38,39);;/q;;2*+3/p-6. The van der Waals surface area contributed by atoms with E-state index in [1.807, 2.05) is 0 Å². The molecular formula is C62H34N4O12Tb2. The van der Waals surface area contributed by atoms with Gasteiger partial charge in [0.2, 0.25) is 0 Å². The Morgan fingerprint density at radius 1 is 0.250 bits per heavy atom. The molecule has 0 unspecified atom stereocenters. The van der Waals surface area contributed by atoms with E-state index in [2.05, 4.69) is 19.9 Å². The van der Waals surface area contributed by atoms with Crippen molar-refractivity contribution in [2.45, 2.75) is 0 Å². The van der Waals surface area contributed by atoms with Crippen LogP contribution in [-0.4, -0.2) is 55.8 Å². The van der Waals surface area contributed by atoms with Gasteiger partial charge in [0.15, 0.2) is 0 Å². The molecule has 4 aromatic heterocycles. The van der Waals surface area contributed by atoms with Crippen molar-refractivity contribution in [1.82, 2.24) is 19.9 Å². The number of nitrogens with zero attached hydrogens (tertiary/aromatic N) is 4. The van der Waals surface area contributed by atoms with E-state index in [1.54, 1.807) is 122 Å². The predicted molar refractivity (Wildman–Crippen MR) is 274 cm³/mol. The summed E-state index contributed by atoms with van der Waals surface area (Å²) < 4.78 is 0. The Hall–Kier alpha value is -8.69. The maximum atomic E-state index is 12.2. The maximum Gasteiger partial charge on any atom is 3.00 e. The molecule has 0 aliphatic rings. The van der Waals surface area contributed by atoms with Crippen molar-refractivity contribution in [3.63, 3.8) is 0 Å². The molecule has 80 heavy (non-hydrogen) atoms. The molecule has 0 amide bonds. The van der Waals surface area contributed by atoms with Gasteiger partial charge in [-0.1, -0.05) is 158 Å². The van der Waals surface area contributed by atoms with Gasteiger partial charge < -0.3 is 59.4 Å². The molecule has 392 valence electrons. The zero-order valence-electron chi connectivity index (χ0n) is 41.0. The first-order valence-electron chi connectivity index (χ1n) is 23.5. The van der Waals surface area contributed by atoms with Gasteiger partial charge in [-0.25, -0.2) is 0 Å². The fourth-order valence-corrected chi connectivity index (χ4v) is 9.22. The quantitative estimate of drug-likeness (QED) is 0.145. The summed E-state index contributed by atoms with van der Waals surface area (Å²) in [5, 5.41) is 73.1. The molecule has 0 spiro atoms. The van der Waals surface area contributed by atoms with E-state index in [0.29, 0.717) is 11.4 Å². The minimum absolute atomic E-state index is 0. The summed E-state index contributed by atoms with van der Waals surface area (Å²) in [5.74, 6) is -8.76. The van der Waals surface area contributed by atoms with Crippen LogP contribution >= 0.6 is 0 Å². The summed E-state index contributed by atoms with van der Waals surface area (Å²) in [6.07, 6.45) is 5.91. The number of carboxylic acids is 6. The van der Waals surface area contributed by atoms with Crippen LogP contribution in [0.15, 0.2) is 207 Å². The molecule has 0 radical (unpaired) electrons. The van der Waals surface area contributed by atoms with Gasteiger partial charge in [-0.15, -0.1) is 0 Å². The molecule has 0 aliphatic heterocycles. The van der Waals surface area contributed by atoms with E-state index in [1.165, 1.54) is 85.2 Å². The van der Waals surface area contributed by atoms with Crippen molar-refractivity contribution in [3.05, 3.63) is 240 Å². The molecule has 0 bridgehead atoms. The third-order valence-corrected chi connectivity index (χ3v) is 12.5. The molecule has 0 N–H and O–H groups in total. The Morgan fingerprint density at radius 3 is 0.725 bits per heavy atom. The largest absolute Gasteiger partial charge is 3.00 e. The van der Waals surface area contributed by atoms with Crippen molar-refractivity contribution in [3.8, 4) is 89.5 Å². The third-order valence-electron chi connectivity index (χ3n) is 12.5. The number of rotatable bonds is 14. The first kappa shape index (κ1) is 59.0. The predicted octanol–water partition coefficient (Wildman–Crippen LogP) is 4.47. The number of carbonyl (C=O) groups excluding carboxylic acids is 6. The Labute approximate surface area is 517 Å². The van der Waals surface area contributed by atoms with Crippen LogP contribution in [0.4, 0.5) is 0 Å². The minimum atomic E-state index is -1.47. The van der Waals surface area contributed by atoms with Crippen molar-refractivity contribution in [2.75, 3.05) is 0 Å². The van der Waals surface area contributed by atoms with Crippen LogP contribution in [0.3, 0.4) is 0 Å². The van der Waals surface area contributed by atoms with E-state index in [0.717, 1.165) is 0 Å². The van der Waals surface area contributed by atoms with Crippen molar-refractivity contribution < 1.29 is 137 Å². The number of pyridine rings is 4. The zero-order valence-corrected chi connectivity index (χ0v) is 45.3. The summed E-state index contributed by atoms with van der Waals surface area (Å²) in [6.45, 7) is 0. The first-order chi connectivity index (χ1) is 37.8. The molecule has 16 nitrogen and oxygen atoms in total. The number of hydrogen-bond acceptors (Lipinski definition) is 16. The number of carbonyl (C=O) groups is 6. The fraction of sp³-hybridized carbons (Fsp3) is 0. The van der Waals surface area contributed by atoms with Crippen LogP contribution in [0, 0.1) is 77.2 Å². The number of carboxylic acid groups (broad SMARTS) is 6. The van der Waals surface area contributed by atoms with Crippen LogP contribution < -0.4 is 30.6 Å². The van der Waals surface area contributed by atoms with E-state index in [9.17, 15) is 59.4 Å². The van der Waals surface area contributed by atoms with Crippen molar-refractivity contribution >= 4 is 35.8 Å². The number of aromatic carboxylic acids is 6. The van der Waals surface area contributed by atoms with Crippen molar-refractivity contribution in [1.29, 1.82) is 0 Å². The van der Waals surface area contributed by atoms with Crippen LogP contribution in [0.5, 0.6) is 0 Å². The second-order valence-corrected chi connectivity index (χ2v) is 17.0. The van der Waals surface area contributed by atoms with Gasteiger partial charge in [0.1, 0.15) is 0 Å². The Morgan fingerprint density at radius 2 is 0.475 bits per heavy atom. The van der Waals surface area contributed by atoms with E-state index in [-0.39, 0.29) is 189 Å². The molecule has 0 saturated heterocycles. The first-order valence-corrected chi connectivity index (χ1v) is 23.5. The van der Waals surface area contributed by atoms with Gasteiger partial charge in [-0.3, -0.25) is 19.9 Å². The fourth-order valence-electron chi connectivity index (χ4n) is 9.22. The monoisotopic (exact) mass is 1340 g/mol. The molecule has 18 heteroatoms. The van der Waals surface area contributed by atoms with E-state index < -0.39 is 35.8 Å². The minimum Gasteiger partial charge on any atom is -0.545 e. The number of benzene rings is 6. The average molecular weight is 1340 g/mol. The zero-order chi connectivity index (χ0) is 55.0. The second-order valence-electron chi connectivity index (χ2n) is 17.0. The van der Waals surface area contributed by atoms with Crippen LogP contribution in [0.2, 0.25) is 0 Å². The molecule has 0 atom stereocenters. The Bertz CT molecular complexity index is 3770. The van der Waals surface area contributed by atoms with Crippen LogP contribution in [-0.2, 0) is 0 Å². The van der Waals surface area contributed by atoms with E-state index in [4.69, 9.17) is 0 Å².